The fourth-order valence-electron chi connectivity index (χ4n) is 2.36. The van der Waals surface area contributed by atoms with Crippen LogP contribution >= 0.6 is 15.9 Å². The van der Waals surface area contributed by atoms with Crippen LogP contribution in [0.3, 0.4) is 0 Å². The average molecular weight is 311 g/mol. The van der Waals surface area contributed by atoms with Crippen LogP contribution in [0.5, 0.6) is 0 Å². The lowest BCUT2D eigenvalue weighted by atomic mass is 10.00. The van der Waals surface area contributed by atoms with Crippen LogP contribution in [0, 0.1) is 5.92 Å². The van der Waals surface area contributed by atoms with E-state index in [2.05, 4.69) is 15.9 Å². The number of unbranched alkanes of at least 4 members (excludes halogenated alkanes) is 1. The second-order valence-electron chi connectivity index (χ2n) is 4.79. The van der Waals surface area contributed by atoms with Gasteiger partial charge in [-0.3, -0.25) is 0 Å². The third-order valence-corrected chi connectivity index (χ3v) is 6.53. The predicted octanol–water partition coefficient (Wildman–Crippen LogP) is 3.55. The van der Waals surface area contributed by atoms with Crippen LogP contribution in [0.1, 0.15) is 51.9 Å². The molecule has 0 spiro atoms. The van der Waals surface area contributed by atoms with Gasteiger partial charge in [0.2, 0.25) is 0 Å². The van der Waals surface area contributed by atoms with Crippen molar-refractivity contribution in [1.29, 1.82) is 0 Å². The second kappa shape index (κ2) is 7.00. The molecular weight excluding hydrogens is 288 g/mol. The summed E-state index contributed by atoms with van der Waals surface area (Å²) in [6.45, 7) is 1.72. The maximum absolute atomic E-state index is 11.3. The molecule has 0 aromatic heterocycles. The highest BCUT2D eigenvalue weighted by Gasteiger charge is 2.22. The summed E-state index contributed by atoms with van der Waals surface area (Å²) in [4.78, 5) is 0.610. The molecule has 0 saturated heterocycles. The van der Waals surface area contributed by atoms with E-state index < -0.39 is 9.84 Å². The molecule has 0 bridgehead atoms. The summed E-state index contributed by atoms with van der Waals surface area (Å²) in [6, 6.07) is 0. The molecule has 0 radical (unpaired) electrons. The molecule has 0 aromatic carbocycles. The monoisotopic (exact) mass is 310 g/mol. The van der Waals surface area contributed by atoms with Crippen molar-refractivity contribution in [2.45, 2.75) is 56.7 Å². The third kappa shape index (κ3) is 5.17. The molecule has 1 aliphatic carbocycles. The normalized spacial score (nSPS) is 20.1. The molecule has 1 rings (SSSR count). The summed E-state index contributed by atoms with van der Waals surface area (Å²) >= 11 is 3.75. The van der Waals surface area contributed by atoms with Gasteiger partial charge in [0.25, 0.3) is 0 Å². The van der Waals surface area contributed by atoms with E-state index in [1.165, 1.54) is 25.7 Å². The van der Waals surface area contributed by atoms with Gasteiger partial charge in [0.15, 0.2) is 0 Å². The van der Waals surface area contributed by atoms with Gasteiger partial charge in [-0.1, -0.05) is 42.1 Å². The van der Waals surface area contributed by atoms with Gasteiger partial charge < -0.3 is 0 Å². The van der Waals surface area contributed by atoms with Gasteiger partial charge in [-0.15, -0.1) is 0 Å². The Morgan fingerprint density at radius 2 is 1.88 bits per heavy atom. The predicted molar refractivity (Wildman–Crippen MR) is 72.9 cm³/mol. The molecule has 16 heavy (non-hydrogen) atoms. The van der Waals surface area contributed by atoms with E-state index >= 15 is 0 Å². The summed E-state index contributed by atoms with van der Waals surface area (Å²) in [5.74, 6) is 1.49. The topological polar surface area (TPSA) is 34.1 Å². The summed E-state index contributed by atoms with van der Waals surface area (Å²) in [7, 11) is -2.75. The van der Waals surface area contributed by atoms with Crippen molar-refractivity contribution in [3.8, 4) is 0 Å². The van der Waals surface area contributed by atoms with E-state index in [4.69, 9.17) is 0 Å². The minimum atomic E-state index is -2.75. The minimum Gasteiger partial charge on any atom is -0.229 e. The SMILES string of the molecule is CCS(=O)(=O)CCCCC(Br)C1CCCC1. The molecule has 1 saturated carbocycles. The molecule has 0 heterocycles. The summed E-state index contributed by atoms with van der Waals surface area (Å²) in [6.07, 6.45) is 8.43. The Bertz CT molecular complexity index is 281. The minimum absolute atomic E-state index is 0.285. The standard InChI is InChI=1S/C12H23BrO2S/c1-2-16(14,15)10-6-5-9-12(13)11-7-3-4-8-11/h11-12H,2-10H2,1H3. The van der Waals surface area contributed by atoms with Gasteiger partial charge in [0, 0.05) is 10.6 Å². The Kier molecular flexibility index (Phi) is 6.34. The fraction of sp³-hybridized carbons (Fsp3) is 1.00. The van der Waals surface area contributed by atoms with E-state index in [0.29, 0.717) is 10.6 Å². The van der Waals surface area contributed by atoms with Crippen LogP contribution in [0.4, 0.5) is 0 Å². The lowest BCUT2D eigenvalue weighted by Crippen LogP contribution is -2.12. The van der Waals surface area contributed by atoms with Gasteiger partial charge in [-0.05, 0) is 31.6 Å². The van der Waals surface area contributed by atoms with Crippen molar-refractivity contribution in [2.75, 3.05) is 11.5 Å². The Balaban J connectivity index is 2.11. The summed E-state index contributed by atoms with van der Waals surface area (Å²) < 4.78 is 22.6. The smallest absolute Gasteiger partial charge is 0.150 e. The van der Waals surface area contributed by atoms with Gasteiger partial charge in [0.1, 0.15) is 9.84 Å². The first kappa shape index (κ1) is 14.5. The number of hydrogen-bond acceptors (Lipinski definition) is 2. The van der Waals surface area contributed by atoms with Crippen LogP contribution < -0.4 is 0 Å². The second-order valence-corrected chi connectivity index (χ2v) is 8.44. The molecule has 0 aromatic rings. The third-order valence-electron chi connectivity index (χ3n) is 3.54. The number of rotatable bonds is 7. The van der Waals surface area contributed by atoms with Gasteiger partial charge in [-0.25, -0.2) is 8.42 Å². The van der Waals surface area contributed by atoms with E-state index in [1.807, 2.05) is 0 Å². The number of hydrogen-bond donors (Lipinski definition) is 0. The maximum Gasteiger partial charge on any atom is 0.150 e. The zero-order valence-corrected chi connectivity index (χ0v) is 12.5. The molecule has 1 fully saturated rings. The van der Waals surface area contributed by atoms with Crippen LogP contribution in [-0.2, 0) is 9.84 Å². The summed E-state index contributed by atoms with van der Waals surface area (Å²) in [5, 5.41) is 0. The molecule has 96 valence electrons. The van der Waals surface area contributed by atoms with Crippen LogP contribution in [0.2, 0.25) is 0 Å². The highest BCUT2D eigenvalue weighted by atomic mass is 79.9. The van der Waals surface area contributed by atoms with E-state index in [1.54, 1.807) is 6.92 Å². The van der Waals surface area contributed by atoms with Crippen molar-refractivity contribution in [3.63, 3.8) is 0 Å². The lowest BCUT2D eigenvalue weighted by Gasteiger charge is -2.16. The number of sulfone groups is 1. The van der Waals surface area contributed by atoms with E-state index in [9.17, 15) is 8.42 Å². The lowest BCUT2D eigenvalue weighted by molar-refractivity contribution is 0.492. The van der Waals surface area contributed by atoms with Crippen molar-refractivity contribution in [1.82, 2.24) is 0 Å². The molecular formula is C12H23BrO2S. The molecule has 0 aliphatic heterocycles. The van der Waals surface area contributed by atoms with Crippen LogP contribution in [0.25, 0.3) is 0 Å². The first-order valence-electron chi connectivity index (χ1n) is 6.39. The number of halogens is 1. The summed E-state index contributed by atoms with van der Waals surface area (Å²) in [5.41, 5.74) is 0. The molecule has 2 nitrogen and oxygen atoms in total. The molecule has 1 atom stereocenters. The first-order chi connectivity index (χ1) is 7.55. The van der Waals surface area contributed by atoms with Gasteiger partial charge >= 0.3 is 0 Å². The van der Waals surface area contributed by atoms with Crippen molar-refractivity contribution >= 4 is 25.8 Å². The molecule has 0 amide bonds. The molecule has 4 heteroatoms. The molecule has 1 unspecified atom stereocenters. The van der Waals surface area contributed by atoms with E-state index in [0.717, 1.165) is 25.2 Å². The van der Waals surface area contributed by atoms with Crippen molar-refractivity contribution in [3.05, 3.63) is 0 Å². The van der Waals surface area contributed by atoms with E-state index in [-0.39, 0.29) is 5.75 Å². The van der Waals surface area contributed by atoms with Crippen molar-refractivity contribution in [2.24, 2.45) is 5.92 Å². The Morgan fingerprint density at radius 3 is 2.44 bits per heavy atom. The molecule has 0 N–H and O–H groups in total. The van der Waals surface area contributed by atoms with Crippen molar-refractivity contribution < 1.29 is 8.42 Å². The van der Waals surface area contributed by atoms with Crippen LogP contribution in [0.15, 0.2) is 0 Å². The first-order valence-corrected chi connectivity index (χ1v) is 9.13. The van der Waals surface area contributed by atoms with Gasteiger partial charge in [-0.2, -0.15) is 0 Å². The zero-order chi connectivity index (χ0) is 12.0. The zero-order valence-electron chi connectivity index (χ0n) is 10.1. The largest absolute Gasteiger partial charge is 0.229 e. The highest BCUT2D eigenvalue weighted by molar-refractivity contribution is 9.09. The maximum atomic E-state index is 11.3. The number of alkyl halides is 1. The quantitative estimate of drug-likeness (QED) is 0.532. The Hall–Kier alpha value is 0.430. The Morgan fingerprint density at radius 1 is 1.25 bits per heavy atom. The Labute approximate surface area is 108 Å². The fourth-order valence-corrected chi connectivity index (χ4v) is 4.15. The molecule has 1 aliphatic rings. The average Bonchev–Trinajstić information content (AvgIpc) is 2.77. The van der Waals surface area contributed by atoms with Gasteiger partial charge in [0.05, 0.1) is 5.75 Å². The highest BCUT2D eigenvalue weighted by Crippen LogP contribution is 2.33. The van der Waals surface area contributed by atoms with Crippen LogP contribution in [-0.4, -0.2) is 24.8 Å².